The molecular formula is C20H23N7O3S. The van der Waals surface area contributed by atoms with Crippen molar-refractivity contribution in [2.24, 2.45) is 0 Å². The lowest BCUT2D eigenvalue weighted by molar-refractivity contribution is -0.121. The number of anilines is 2. The van der Waals surface area contributed by atoms with E-state index in [2.05, 4.69) is 25.5 Å². The van der Waals surface area contributed by atoms with E-state index in [0.29, 0.717) is 16.4 Å². The number of nitrogens with two attached hydrogens (primary N) is 1. The summed E-state index contributed by atoms with van der Waals surface area (Å²) in [6.45, 7) is 3.55. The summed E-state index contributed by atoms with van der Waals surface area (Å²) in [6.07, 6.45) is 1.46. The molecule has 1 unspecified atom stereocenters. The molecule has 1 amide bonds. The topological polar surface area (TPSA) is 144 Å². The fourth-order valence-corrected chi connectivity index (χ4v) is 3.45. The van der Waals surface area contributed by atoms with Gasteiger partial charge in [-0.05, 0) is 37.6 Å². The van der Waals surface area contributed by atoms with E-state index < -0.39 is 16.5 Å². The normalized spacial score (nSPS) is 11.7. The number of pyridine rings is 1. The molecular weight excluding hydrogens is 418 g/mol. The summed E-state index contributed by atoms with van der Waals surface area (Å²) in [6, 6.07) is 12.2. The fourth-order valence-electron chi connectivity index (χ4n) is 2.74. The van der Waals surface area contributed by atoms with Gasteiger partial charge in [-0.25, -0.2) is 14.2 Å². The third-order valence-electron chi connectivity index (χ3n) is 4.47. The van der Waals surface area contributed by atoms with Gasteiger partial charge in [0.15, 0.2) is 0 Å². The van der Waals surface area contributed by atoms with Gasteiger partial charge >= 0.3 is 0 Å². The van der Waals surface area contributed by atoms with Crippen LogP contribution in [-0.2, 0) is 28.9 Å². The van der Waals surface area contributed by atoms with Crippen molar-refractivity contribution in [3.63, 3.8) is 0 Å². The molecule has 0 spiro atoms. The van der Waals surface area contributed by atoms with Crippen molar-refractivity contribution in [1.82, 2.24) is 24.7 Å². The molecule has 0 fully saturated rings. The van der Waals surface area contributed by atoms with Gasteiger partial charge in [-0.3, -0.25) is 19.6 Å². The first kappa shape index (κ1) is 22.1. The average molecular weight is 442 g/mol. The summed E-state index contributed by atoms with van der Waals surface area (Å²) in [5.41, 5.74) is 9.76. The van der Waals surface area contributed by atoms with E-state index in [1.165, 1.54) is 10.8 Å². The zero-order valence-corrected chi connectivity index (χ0v) is 17.9. The Morgan fingerprint density at radius 3 is 2.61 bits per heavy atom. The van der Waals surface area contributed by atoms with Crippen LogP contribution in [0.15, 0.2) is 58.4 Å². The van der Waals surface area contributed by atoms with Crippen molar-refractivity contribution >= 4 is 28.5 Å². The second-order valence-electron chi connectivity index (χ2n) is 6.71. The van der Waals surface area contributed by atoms with Crippen molar-refractivity contribution in [2.45, 2.75) is 31.8 Å². The number of rotatable bonds is 8. The minimum absolute atomic E-state index is 0.0683. The highest BCUT2D eigenvalue weighted by Crippen LogP contribution is 2.08. The molecule has 11 heteroatoms. The highest BCUT2D eigenvalue weighted by Gasteiger charge is 2.13. The van der Waals surface area contributed by atoms with Crippen LogP contribution in [0.2, 0.25) is 0 Å². The van der Waals surface area contributed by atoms with E-state index in [0.717, 1.165) is 11.3 Å². The first-order valence-electron chi connectivity index (χ1n) is 9.39. The van der Waals surface area contributed by atoms with Gasteiger partial charge in [-0.2, -0.15) is 0 Å². The number of amides is 1. The zero-order valence-electron chi connectivity index (χ0n) is 17.1. The SMILES string of the molecule is Cc1nc(N)ccc1CNC(=O)Cn1c(C)cnc(NNS(=O)c2ccccc2)c1=O. The van der Waals surface area contributed by atoms with Crippen LogP contribution in [0, 0.1) is 13.8 Å². The Bertz CT molecular complexity index is 1170. The van der Waals surface area contributed by atoms with Crippen LogP contribution < -0.4 is 26.9 Å². The minimum atomic E-state index is -1.59. The summed E-state index contributed by atoms with van der Waals surface area (Å²) in [7, 11) is -1.59. The molecule has 162 valence electrons. The number of benzene rings is 1. The molecule has 2 heterocycles. The molecule has 0 saturated carbocycles. The van der Waals surface area contributed by atoms with Crippen molar-refractivity contribution in [1.29, 1.82) is 0 Å². The van der Waals surface area contributed by atoms with E-state index in [-0.39, 0.29) is 24.8 Å². The van der Waals surface area contributed by atoms with Crippen molar-refractivity contribution in [3.8, 4) is 0 Å². The summed E-state index contributed by atoms with van der Waals surface area (Å²) in [4.78, 5) is 36.4. The molecule has 0 aliphatic rings. The van der Waals surface area contributed by atoms with Gasteiger partial charge in [-0.1, -0.05) is 24.3 Å². The van der Waals surface area contributed by atoms with Crippen LogP contribution >= 0.6 is 0 Å². The third kappa shape index (κ3) is 5.74. The molecule has 0 aliphatic heterocycles. The number of hydrazine groups is 1. The largest absolute Gasteiger partial charge is 0.384 e. The number of aromatic nitrogens is 3. The Hall–Kier alpha value is -3.57. The van der Waals surface area contributed by atoms with Crippen molar-refractivity contribution in [2.75, 3.05) is 11.2 Å². The van der Waals surface area contributed by atoms with E-state index in [1.807, 2.05) is 6.07 Å². The van der Waals surface area contributed by atoms with Crippen LogP contribution in [0.25, 0.3) is 0 Å². The van der Waals surface area contributed by atoms with Crippen LogP contribution in [0.1, 0.15) is 17.0 Å². The van der Waals surface area contributed by atoms with E-state index in [9.17, 15) is 13.8 Å². The molecule has 5 N–H and O–H groups in total. The Kier molecular flexibility index (Phi) is 7.11. The van der Waals surface area contributed by atoms with Crippen molar-refractivity contribution < 1.29 is 9.00 Å². The number of hydrogen-bond acceptors (Lipinski definition) is 7. The van der Waals surface area contributed by atoms with E-state index in [1.54, 1.807) is 50.2 Å². The number of carbonyl (C=O) groups is 1. The molecule has 0 saturated heterocycles. The maximum Gasteiger partial charge on any atom is 0.295 e. The van der Waals surface area contributed by atoms with Gasteiger partial charge < -0.3 is 11.1 Å². The Labute approximate surface area is 181 Å². The summed E-state index contributed by atoms with van der Waals surface area (Å²) in [5, 5.41) is 2.77. The lowest BCUT2D eigenvalue weighted by Gasteiger charge is -2.13. The number of hydrogen-bond donors (Lipinski definition) is 4. The molecule has 3 aromatic rings. The van der Waals surface area contributed by atoms with Crippen LogP contribution in [0.5, 0.6) is 0 Å². The fraction of sp³-hybridized carbons (Fsp3) is 0.200. The van der Waals surface area contributed by atoms with E-state index >= 15 is 0 Å². The zero-order chi connectivity index (χ0) is 22.4. The first-order chi connectivity index (χ1) is 14.8. The van der Waals surface area contributed by atoms with E-state index in [4.69, 9.17) is 5.73 Å². The van der Waals surface area contributed by atoms with Crippen LogP contribution in [-0.4, -0.2) is 24.7 Å². The lowest BCUT2D eigenvalue weighted by atomic mass is 10.2. The van der Waals surface area contributed by atoms with Gasteiger partial charge in [0.05, 0.1) is 4.90 Å². The van der Waals surface area contributed by atoms with Gasteiger partial charge in [-0.15, -0.1) is 4.83 Å². The quantitative estimate of drug-likeness (QED) is 0.378. The number of nitrogens with one attached hydrogen (secondary N) is 3. The number of aryl methyl sites for hydroxylation is 2. The van der Waals surface area contributed by atoms with Gasteiger partial charge in [0, 0.05) is 24.1 Å². The highest BCUT2D eigenvalue weighted by atomic mass is 32.2. The number of nitrogens with zero attached hydrogens (tertiary/aromatic N) is 3. The lowest BCUT2D eigenvalue weighted by Crippen LogP contribution is -2.36. The summed E-state index contributed by atoms with van der Waals surface area (Å²) < 4.78 is 13.5. The number of carbonyl (C=O) groups excluding carboxylic acids is 1. The molecule has 3 rings (SSSR count). The second-order valence-corrected chi connectivity index (χ2v) is 7.92. The summed E-state index contributed by atoms with van der Waals surface area (Å²) >= 11 is 0. The van der Waals surface area contributed by atoms with Crippen molar-refractivity contribution in [3.05, 3.63) is 76.0 Å². The van der Waals surface area contributed by atoms with Gasteiger partial charge in [0.2, 0.25) is 11.7 Å². The first-order valence-corrected chi connectivity index (χ1v) is 10.5. The Morgan fingerprint density at radius 2 is 1.90 bits per heavy atom. The third-order valence-corrected chi connectivity index (χ3v) is 5.46. The molecule has 1 aromatic carbocycles. The molecule has 0 bridgehead atoms. The molecule has 10 nitrogen and oxygen atoms in total. The predicted octanol–water partition coefficient (Wildman–Crippen LogP) is 0.793. The number of nitrogen functional groups attached to an aromatic ring is 1. The van der Waals surface area contributed by atoms with Gasteiger partial charge in [0.1, 0.15) is 23.3 Å². The summed E-state index contributed by atoms with van der Waals surface area (Å²) in [5.74, 6) is -0.00553. The molecule has 2 aromatic heterocycles. The smallest absolute Gasteiger partial charge is 0.295 e. The van der Waals surface area contributed by atoms with Gasteiger partial charge in [0.25, 0.3) is 5.56 Å². The predicted molar refractivity (Wildman–Crippen MR) is 118 cm³/mol. The standard InChI is InChI=1S/C20H23N7O3S/c1-13-10-23-19(25-26-31(30)16-6-4-3-5-7-16)20(29)27(13)12-18(28)22-11-15-8-9-17(21)24-14(15)2/h3-10,26H,11-12H2,1-2H3,(H2,21,24)(H,22,28)(H,23,25). The average Bonchev–Trinajstić information content (AvgIpc) is 2.76. The Balaban J connectivity index is 1.65. The van der Waals surface area contributed by atoms with Crippen LogP contribution in [0.3, 0.4) is 0 Å². The molecule has 0 aliphatic carbocycles. The Morgan fingerprint density at radius 1 is 1.16 bits per heavy atom. The minimum Gasteiger partial charge on any atom is -0.384 e. The molecule has 31 heavy (non-hydrogen) atoms. The van der Waals surface area contributed by atoms with Crippen LogP contribution in [0.4, 0.5) is 11.6 Å². The highest BCUT2D eigenvalue weighted by molar-refractivity contribution is 7.83. The maximum atomic E-state index is 12.7. The molecule has 0 radical (unpaired) electrons. The maximum absolute atomic E-state index is 12.7. The second kappa shape index (κ2) is 9.96. The monoisotopic (exact) mass is 441 g/mol. The molecule has 1 atom stereocenters.